The number of hydrogen-bond donors (Lipinski definition) is 2. The summed E-state index contributed by atoms with van der Waals surface area (Å²) in [6.07, 6.45) is 11.4. The highest BCUT2D eigenvalue weighted by molar-refractivity contribution is 7.89. The van der Waals surface area contributed by atoms with E-state index in [0.29, 0.717) is 6.04 Å². The molecule has 2 aliphatic rings. The molecule has 2 saturated carbocycles. The van der Waals surface area contributed by atoms with E-state index in [1.807, 2.05) is 0 Å². The fourth-order valence-electron chi connectivity index (χ4n) is 2.74. The lowest BCUT2D eigenvalue weighted by atomic mass is 9.97. The van der Waals surface area contributed by atoms with Crippen molar-refractivity contribution in [2.24, 2.45) is 0 Å². The first kappa shape index (κ1) is 15.3. The molecule has 19 heavy (non-hydrogen) atoms. The molecule has 0 saturated heterocycles. The van der Waals surface area contributed by atoms with E-state index >= 15 is 0 Å². The van der Waals surface area contributed by atoms with E-state index in [4.69, 9.17) is 0 Å². The second-order valence-electron chi connectivity index (χ2n) is 6.06. The molecule has 0 aromatic rings. The summed E-state index contributed by atoms with van der Waals surface area (Å²) in [5.41, 5.74) is 0. The van der Waals surface area contributed by atoms with Gasteiger partial charge in [-0.2, -0.15) is 0 Å². The topological polar surface area (TPSA) is 58.2 Å². The smallest absolute Gasteiger partial charge is 0.211 e. The lowest BCUT2D eigenvalue weighted by Gasteiger charge is -2.20. The van der Waals surface area contributed by atoms with Crippen LogP contribution < -0.4 is 10.0 Å². The van der Waals surface area contributed by atoms with Crippen LogP contribution in [0.3, 0.4) is 0 Å². The molecular weight excluding hydrogens is 260 g/mol. The van der Waals surface area contributed by atoms with Gasteiger partial charge in [0.25, 0.3) is 0 Å². The molecule has 2 N–H and O–H groups in total. The van der Waals surface area contributed by atoms with E-state index in [-0.39, 0.29) is 11.8 Å². The van der Waals surface area contributed by atoms with Gasteiger partial charge in [-0.3, -0.25) is 0 Å². The Morgan fingerprint density at radius 1 is 0.842 bits per heavy atom. The van der Waals surface area contributed by atoms with Gasteiger partial charge in [0, 0.05) is 12.1 Å². The third-order valence-corrected chi connectivity index (χ3v) is 5.57. The summed E-state index contributed by atoms with van der Waals surface area (Å²) in [6.45, 7) is 0.830. The third-order valence-electron chi connectivity index (χ3n) is 4.05. The molecule has 0 amide bonds. The molecule has 0 aliphatic heterocycles. The van der Waals surface area contributed by atoms with Crippen molar-refractivity contribution in [3.8, 4) is 0 Å². The molecule has 0 unspecified atom stereocenters. The Kier molecular flexibility index (Phi) is 6.10. The Morgan fingerprint density at radius 3 is 2.11 bits per heavy atom. The molecular formula is C14H28N2O2S. The van der Waals surface area contributed by atoms with Gasteiger partial charge in [-0.05, 0) is 38.6 Å². The zero-order valence-electron chi connectivity index (χ0n) is 11.9. The van der Waals surface area contributed by atoms with E-state index in [2.05, 4.69) is 10.0 Å². The van der Waals surface area contributed by atoms with E-state index in [1.165, 1.54) is 32.1 Å². The summed E-state index contributed by atoms with van der Waals surface area (Å²) < 4.78 is 26.9. The molecule has 2 fully saturated rings. The van der Waals surface area contributed by atoms with Crippen LogP contribution in [-0.4, -0.2) is 32.8 Å². The quantitative estimate of drug-likeness (QED) is 0.706. The fraction of sp³-hybridized carbons (Fsp3) is 1.00. The predicted octanol–water partition coefficient (Wildman–Crippen LogP) is 2.16. The molecule has 0 aromatic heterocycles. The molecule has 2 rings (SSSR count). The van der Waals surface area contributed by atoms with Crippen LogP contribution in [0.15, 0.2) is 0 Å². The van der Waals surface area contributed by atoms with E-state index < -0.39 is 10.0 Å². The SMILES string of the molecule is O=S(=O)(CCCNC1CC1)NC1CCCCCCC1. The van der Waals surface area contributed by atoms with Crippen molar-refractivity contribution in [1.29, 1.82) is 0 Å². The molecule has 0 spiro atoms. The largest absolute Gasteiger partial charge is 0.314 e. The maximum atomic E-state index is 12.0. The maximum Gasteiger partial charge on any atom is 0.211 e. The summed E-state index contributed by atoms with van der Waals surface area (Å²) in [6, 6.07) is 0.850. The first-order chi connectivity index (χ1) is 9.16. The standard InChI is InChI=1S/C14H28N2O2S/c17-19(18,12-6-11-15-13-9-10-13)16-14-7-4-2-1-3-5-8-14/h13-16H,1-12H2. The van der Waals surface area contributed by atoms with Crippen LogP contribution in [0.1, 0.15) is 64.2 Å². The molecule has 0 aromatic carbocycles. The van der Waals surface area contributed by atoms with Crippen LogP contribution in [-0.2, 0) is 10.0 Å². The van der Waals surface area contributed by atoms with Gasteiger partial charge in [0.15, 0.2) is 0 Å². The minimum Gasteiger partial charge on any atom is -0.314 e. The van der Waals surface area contributed by atoms with Gasteiger partial charge in [0.05, 0.1) is 5.75 Å². The lowest BCUT2D eigenvalue weighted by Crippen LogP contribution is -2.37. The second kappa shape index (κ2) is 7.60. The van der Waals surface area contributed by atoms with Gasteiger partial charge in [-0.25, -0.2) is 13.1 Å². The first-order valence-corrected chi connectivity index (χ1v) is 9.54. The molecule has 0 radical (unpaired) electrons. The summed E-state index contributed by atoms with van der Waals surface area (Å²) >= 11 is 0. The van der Waals surface area contributed by atoms with E-state index in [1.54, 1.807) is 0 Å². The number of nitrogens with one attached hydrogen (secondary N) is 2. The van der Waals surface area contributed by atoms with Gasteiger partial charge in [-0.15, -0.1) is 0 Å². The van der Waals surface area contributed by atoms with Crippen LogP contribution in [0.2, 0.25) is 0 Å². The summed E-state index contributed by atoms with van der Waals surface area (Å²) in [5.74, 6) is 0.267. The van der Waals surface area contributed by atoms with Gasteiger partial charge in [-0.1, -0.05) is 32.1 Å². The Morgan fingerprint density at radius 2 is 1.47 bits per heavy atom. The third kappa shape index (κ3) is 6.72. The van der Waals surface area contributed by atoms with Crippen molar-refractivity contribution >= 4 is 10.0 Å². The van der Waals surface area contributed by atoms with Crippen molar-refractivity contribution < 1.29 is 8.42 Å². The van der Waals surface area contributed by atoms with Crippen molar-refractivity contribution in [3.05, 3.63) is 0 Å². The van der Waals surface area contributed by atoms with Crippen LogP contribution in [0.5, 0.6) is 0 Å². The first-order valence-electron chi connectivity index (χ1n) is 7.89. The summed E-state index contributed by atoms with van der Waals surface area (Å²) in [5, 5.41) is 3.36. The van der Waals surface area contributed by atoms with Gasteiger partial charge in [0.1, 0.15) is 0 Å². The highest BCUT2D eigenvalue weighted by Crippen LogP contribution is 2.19. The lowest BCUT2D eigenvalue weighted by molar-refractivity contribution is 0.426. The monoisotopic (exact) mass is 288 g/mol. The minimum absolute atomic E-state index is 0.182. The molecule has 0 bridgehead atoms. The molecule has 112 valence electrons. The normalized spacial score (nSPS) is 22.9. The fourth-order valence-corrected chi connectivity index (χ4v) is 4.13. The Labute approximate surface area is 117 Å². The number of rotatable bonds is 7. The van der Waals surface area contributed by atoms with E-state index in [0.717, 1.165) is 38.6 Å². The minimum atomic E-state index is -3.08. The summed E-state index contributed by atoms with van der Waals surface area (Å²) in [7, 11) is -3.08. The Balaban J connectivity index is 1.65. The zero-order valence-corrected chi connectivity index (χ0v) is 12.7. The van der Waals surface area contributed by atoms with Crippen LogP contribution >= 0.6 is 0 Å². The molecule has 5 heteroatoms. The molecule has 4 nitrogen and oxygen atoms in total. The van der Waals surface area contributed by atoms with Gasteiger partial charge in [0.2, 0.25) is 10.0 Å². The summed E-state index contributed by atoms with van der Waals surface area (Å²) in [4.78, 5) is 0. The van der Waals surface area contributed by atoms with Crippen molar-refractivity contribution in [1.82, 2.24) is 10.0 Å². The van der Waals surface area contributed by atoms with Crippen LogP contribution in [0.25, 0.3) is 0 Å². The number of sulfonamides is 1. The highest BCUT2D eigenvalue weighted by Gasteiger charge is 2.21. The molecule has 0 atom stereocenters. The predicted molar refractivity (Wildman–Crippen MR) is 78.7 cm³/mol. The zero-order chi connectivity index (χ0) is 13.6. The van der Waals surface area contributed by atoms with Crippen LogP contribution in [0.4, 0.5) is 0 Å². The van der Waals surface area contributed by atoms with E-state index in [9.17, 15) is 8.42 Å². The molecule has 0 heterocycles. The Hall–Kier alpha value is -0.130. The average molecular weight is 288 g/mol. The van der Waals surface area contributed by atoms with Gasteiger partial charge < -0.3 is 5.32 Å². The van der Waals surface area contributed by atoms with Crippen molar-refractivity contribution in [2.75, 3.05) is 12.3 Å². The van der Waals surface area contributed by atoms with Gasteiger partial charge >= 0.3 is 0 Å². The van der Waals surface area contributed by atoms with Crippen molar-refractivity contribution in [2.45, 2.75) is 76.3 Å². The van der Waals surface area contributed by atoms with Crippen molar-refractivity contribution in [3.63, 3.8) is 0 Å². The Bertz CT molecular complexity index is 344. The maximum absolute atomic E-state index is 12.0. The highest BCUT2D eigenvalue weighted by atomic mass is 32.2. The average Bonchev–Trinajstić information content (AvgIpc) is 3.12. The second-order valence-corrected chi connectivity index (χ2v) is 7.93. The van der Waals surface area contributed by atoms with Crippen LogP contribution in [0, 0.1) is 0 Å². The molecule has 2 aliphatic carbocycles. The number of hydrogen-bond acceptors (Lipinski definition) is 3.